The fourth-order valence-electron chi connectivity index (χ4n) is 5.13. The summed E-state index contributed by atoms with van der Waals surface area (Å²) in [6.45, 7) is 0. The van der Waals surface area contributed by atoms with E-state index in [4.69, 9.17) is 9.97 Å². The largest absolute Gasteiger partial charge is 0.265 e. The van der Waals surface area contributed by atoms with Crippen molar-refractivity contribution in [2.75, 3.05) is 0 Å². The fourth-order valence-corrected chi connectivity index (χ4v) is 5.13. The van der Waals surface area contributed by atoms with E-state index in [0.29, 0.717) is 5.82 Å². The van der Waals surface area contributed by atoms with Crippen LogP contribution in [0.5, 0.6) is 0 Å². The molecule has 3 heterocycles. The molecule has 0 aliphatic rings. The van der Waals surface area contributed by atoms with Crippen molar-refractivity contribution in [2.24, 2.45) is 0 Å². The van der Waals surface area contributed by atoms with E-state index in [1.54, 1.807) is 6.20 Å². The van der Waals surface area contributed by atoms with Crippen LogP contribution in [-0.4, -0.2) is 19.9 Å². The standard InChI is InChI=1S/C38H26N4/c1-2-8-28(9-3-1)36-25-37(33-14-5-10-29(23-33)27-17-20-39-21-18-27)42-38(41-36)34-15-6-12-31(24-34)30-11-4-13-32(22-30)35-16-7-19-40-26-35/h1-26H. The van der Waals surface area contributed by atoms with Crippen molar-refractivity contribution in [3.63, 3.8) is 0 Å². The molecule has 0 aliphatic carbocycles. The maximum atomic E-state index is 5.10. The van der Waals surface area contributed by atoms with Gasteiger partial charge in [-0.25, -0.2) is 9.97 Å². The topological polar surface area (TPSA) is 51.6 Å². The van der Waals surface area contributed by atoms with Crippen molar-refractivity contribution in [1.82, 2.24) is 19.9 Å². The lowest BCUT2D eigenvalue weighted by atomic mass is 9.98. The number of pyridine rings is 2. The highest BCUT2D eigenvalue weighted by atomic mass is 14.9. The van der Waals surface area contributed by atoms with Gasteiger partial charge >= 0.3 is 0 Å². The number of nitrogens with zero attached hydrogens (tertiary/aromatic N) is 4. The van der Waals surface area contributed by atoms with Crippen molar-refractivity contribution in [3.8, 4) is 67.3 Å². The van der Waals surface area contributed by atoms with Crippen LogP contribution in [0.15, 0.2) is 158 Å². The van der Waals surface area contributed by atoms with E-state index in [0.717, 1.165) is 61.5 Å². The van der Waals surface area contributed by atoms with Crippen LogP contribution in [-0.2, 0) is 0 Å². The van der Waals surface area contributed by atoms with Crippen LogP contribution >= 0.6 is 0 Å². The van der Waals surface area contributed by atoms with Gasteiger partial charge in [0.1, 0.15) is 0 Å². The minimum Gasteiger partial charge on any atom is -0.265 e. The number of hydrogen-bond donors (Lipinski definition) is 0. The van der Waals surface area contributed by atoms with Gasteiger partial charge in [-0.3, -0.25) is 9.97 Å². The van der Waals surface area contributed by atoms with Gasteiger partial charge in [0, 0.05) is 47.0 Å². The Kier molecular flexibility index (Phi) is 6.85. The molecule has 7 aromatic rings. The summed E-state index contributed by atoms with van der Waals surface area (Å²) < 4.78 is 0. The van der Waals surface area contributed by atoms with E-state index in [1.807, 2.05) is 55.0 Å². The second-order valence-electron chi connectivity index (χ2n) is 10.0. The SMILES string of the molecule is c1ccc(-c2cc(-c3cccc(-c4ccncc4)c3)nc(-c3cccc(-c4cccc(-c5cccnc5)c4)c3)n2)cc1. The smallest absolute Gasteiger partial charge is 0.160 e. The Hall–Kier alpha value is -5.74. The number of hydrogen-bond acceptors (Lipinski definition) is 4. The Bertz CT molecular complexity index is 1970. The molecule has 0 radical (unpaired) electrons. The lowest BCUT2D eigenvalue weighted by molar-refractivity contribution is 1.18. The molecule has 0 N–H and O–H groups in total. The summed E-state index contributed by atoms with van der Waals surface area (Å²) in [4.78, 5) is 18.6. The molecule has 0 atom stereocenters. The van der Waals surface area contributed by atoms with E-state index < -0.39 is 0 Å². The van der Waals surface area contributed by atoms with Crippen LogP contribution < -0.4 is 0 Å². The third kappa shape index (κ3) is 5.34. The molecule has 0 spiro atoms. The van der Waals surface area contributed by atoms with Gasteiger partial charge in [-0.2, -0.15) is 0 Å². The first-order valence-corrected chi connectivity index (χ1v) is 13.9. The highest BCUT2D eigenvalue weighted by Gasteiger charge is 2.12. The Morgan fingerprint density at radius 1 is 0.310 bits per heavy atom. The van der Waals surface area contributed by atoms with Gasteiger partial charge in [0.25, 0.3) is 0 Å². The van der Waals surface area contributed by atoms with Gasteiger partial charge < -0.3 is 0 Å². The van der Waals surface area contributed by atoms with E-state index >= 15 is 0 Å². The number of aromatic nitrogens is 4. The molecule has 0 fully saturated rings. The van der Waals surface area contributed by atoms with Crippen molar-refractivity contribution < 1.29 is 0 Å². The molecule has 0 bridgehead atoms. The quantitative estimate of drug-likeness (QED) is 0.212. The molecule has 4 nitrogen and oxygen atoms in total. The minimum atomic E-state index is 0.686. The molecule has 0 saturated heterocycles. The average molecular weight is 539 g/mol. The molecule has 42 heavy (non-hydrogen) atoms. The van der Waals surface area contributed by atoms with Crippen LogP contribution in [0.3, 0.4) is 0 Å². The maximum absolute atomic E-state index is 5.10. The average Bonchev–Trinajstić information content (AvgIpc) is 3.09. The normalized spacial score (nSPS) is 10.9. The number of rotatable bonds is 6. The van der Waals surface area contributed by atoms with E-state index in [-0.39, 0.29) is 0 Å². The molecule has 4 heteroatoms. The third-order valence-corrected chi connectivity index (χ3v) is 7.28. The summed E-state index contributed by atoms with van der Waals surface area (Å²) in [6.07, 6.45) is 7.32. The molecule has 3 aromatic heterocycles. The van der Waals surface area contributed by atoms with Crippen LogP contribution in [0, 0.1) is 0 Å². The summed E-state index contributed by atoms with van der Waals surface area (Å²) >= 11 is 0. The zero-order valence-corrected chi connectivity index (χ0v) is 22.8. The van der Waals surface area contributed by atoms with Gasteiger partial charge in [0.2, 0.25) is 0 Å². The van der Waals surface area contributed by atoms with Gasteiger partial charge in [0.15, 0.2) is 5.82 Å². The summed E-state index contributed by atoms with van der Waals surface area (Å²) in [5, 5.41) is 0. The highest BCUT2D eigenvalue weighted by Crippen LogP contribution is 2.32. The first kappa shape index (κ1) is 25.2. The zero-order chi connectivity index (χ0) is 28.1. The van der Waals surface area contributed by atoms with Gasteiger partial charge in [-0.1, -0.05) is 91.0 Å². The van der Waals surface area contributed by atoms with Crippen molar-refractivity contribution in [1.29, 1.82) is 0 Å². The summed E-state index contributed by atoms with van der Waals surface area (Å²) in [5.74, 6) is 0.686. The molecular formula is C38H26N4. The molecule has 4 aromatic carbocycles. The van der Waals surface area contributed by atoms with Crippen molar-refractivity contribution in [2.45, 2.75) is 0 Å². The van der Waals surface area contributed by atoms with Crippen LogP contribution in [0.2, 0.25) is 0 Å². The molecule has 0 saturated carbocycles. The lowest BCUT2D eigenvalue weighted by Gasteiger charge is -2.12. The van der Waals surface area contributed by atoms with Gasteiger partial charge in [-0.15, -0.1) is 0 Å². The van der Waals surface area contributed by atoms with Crippen LogP contribution in [0.25, 0.3) is 67.3 Å². The molecule has 0 aliphatic heterocycles. The second-order valence-corrected chi connectivity index (χ2v) is 10.0. The number of benzene rings is 4. The van der Waals surface area contributed by atoms with E-state index in [1.165, 1.54) is 0 Å². The van der Waals surface area contributed by atoms with Crippen molar-refractivity contribution >= 4 is 0 Å². The monoisotopic (exact) mass is 538 g/mol. The van der Waals surface area contributed by atoms with E-state index in [2.05, 4.69) is 107 Å². The zero-order valence-electron chi connectivity index (χ0n) is 22.8. The maximum Gasteiger partial charge on any atom is 0.160 e. The molecule has 0 amide bonds. The Labute approximate surface area is 245 Å². The second kappa shape index (κ2) is 11.4. The summed E-state index contributed by atoms with van der Waals surface area (Å²) in [7, 11) is 0. The van der Waals surface area contributed by atoms with Gasteiger partial charge in [-0.05, 0) is 70.3 Å². The lowest BCUT2D eigenvalue weighted by Crippen LogP contribution is -1.96. The fraction of sp³-hybridized carbons (Fsp3) is 0. The first-order valence-electron chi connectivity index (χ1n) is 13.9. The highest BCUT2D eigenvalue weighted by molar-refractivity contribution is 5.78. The third-order valence-electron chi connectivity index (χ3n) is 7.28. The molecule has 198 valence electrons. The molecule has 0 unspecified atom stereocenters. The molecule has 7 rings (SSSR count). The Balaban J connectivity index is 1.33. The first-order chi connectivity index (χ1) is 20.8. The summed E-state index contributed by atoms with van der Waals surface area (Å²) in [5.41, 5.74) is 11.5. The van der Waals surface area contributed by atoms with E-state index in [9.17, 15) is 0 Å². The van der Waals surface area contributed by atoms with Crippen LogP contribution in [0.1, 0.15) is 0 Å². The Morgan fingerprint density at radius 2 is 0.833 bits per heavy atom. The minimum absolute atomic E-state index is 0.686. The predicted octanol–water partition coefficient (Wildman–Crippen LogP) is 9.27. The molecular weight excluding hydrogens is 512 g/mol. The summed E-state index contributed by atoms with van der Waals surface area (Å²) in [6, 6.07) is 45.9. The van der Waals surface area contributed by atoms with Crippen LogP contribution in [0.4, 0.5) is 0 Å². The Morgan fingerprint density at radius 3 is 1.52 bits per heavy atom. The van der Waals surface area contributed by atoms with Crippen molar-refractivity contribution in [3.05, 3.63) is 158 Å². The van der Waals surface area contributed by atoms with Gasteiger partial charge in [0.05, 0.1) is 11.4 Å². The predicted molar refractivity (Wildman–Crippen MR) is 170 cm³/mol.